The Balaban J connectivity index is 2.00. The second-order valence-corrected chi connectivity index (χ2v) is 7.38. The highest BCUT2D eigenvalue weighted by Crippen LogP contribution is 2.34. The first-order chi connectivity index (χ1) is 9.53. The Labute approximate surface area is 126 Å². The SMILES string of the molecule is CC(C)=CC[C@@]1(CO)CCCN(Cc2csc(C)n2)C1. The highest BCUT2D eigenvalue weighted by molar-refractivity contribution is 7.09. The van der Waals surface area contributed by atoms with Gasteiger partial charge in [0.1, 0.15) is 0 Å². The smallest absolute Gasteiger partial charge is 0.0897 e. The maximum absolute atomic E-state index is 9.87. The van der Waals surface area contributed by atoms with Gasteiger partial charge in [0.05, 0.1) is 17.3 Å². The number of thiazole rings is 1. The van der Waals surface area contributed by atoms with Crippen LogP contribution in [0.25, 0.3) is 0 Å². The van der Waals surface area contributed by atoms with E-state index in [4.69, 9.17) is 0 Å². The van der Waals surface area contributed by atoms with Gasteiger partial charge in [-0.25, -0.2) is 4.98 Å². The summed E-state index contributed by atoms with van der Waals surface area (Å²) in [5.41, 5.74) is 2.55. The molecule has 1 aromatic rings. The molecule has 1 atom stereocenters. The third-order valence-corrected chi connectivity index (χ3v) is 4.89. The normalized spacial score (nSPS) is 23.8. The topological polar surface area (TPSA) is 36.4 Å². The van der Waals surface area contributed by atoms with Crippen LogP contribution in [0.4, 0.5) is 0 Å². The van der Waals surface area contributed by atoms with Crippen LogP contribution in [0.1, 0.15) is 43.8 Å². The molecule has 0 aliphatic carbocycles. The summed E-state index contributed by atoms with van der Waals surface area (Å²) >= 11 is 1.72. The predicted octanol–water partition coefficient (Wildman–Crippen LogP) is 3.38. The highest BCUT2D eigenvalue weighted by atomic mass is 32.1. The number of hydrogen-bond acceptors (Lipinski definition) is 4. The van der Waals surface area contributed by atoms with Crippen molar-refractivity contribution in [2.75, 3.05) is 19.7 Å². The number of rotatable bonds is 5. The van der Waals surface area contributed by atoms with Gasteiger partial charge in [-0.05, 0) is 46.6 Å². The molecular formula is C16H26N2OS. The Bertz CT molecular complexity index is 465. The van der Waals surface area contributed by atoms with Crippen molar-refractivity contribution in [1.29, 1.82) is 0 Å². The van der Waals surface area contributed by atoms with E-state index in [1.807, 2.05) is 0 Å². The molecular weight excluding hydrogens is 268 g/mol. The van der Waals surface area contributed by atoms with E-state index >= 15 is 0 Å². The maximum Gasteiger partial charge on any atom is 0.0897 e. The largest absolute Gasteiger partial charge is 0.396 e. The molecule has 2 rings (SSSR count). The van der Waals surface area contributed by atoms with E-state index in [9.17, 15) is 5.11 Å². The second-order valence-electron chi connectivity index (χ2n) is 6.32. The minimum atomic E-state index is 0.0422. The first-order valence-electron chi connectivity index (χ1n) is 7.41. The lowest BCUT2D eigenvalue weighted by atomic mass is 9.77. The van der Waals surface area contributed by atoms with Crippen LogP contribution in [0.3, 0.4) is 0 Å². The Kier molecular flexibility index (Phi) is 5.35. The molecule has 1 aliphatic heterocycles. The monoisotopic (exact) mass is 294 g/mol. The van der Waals surface area contributed by atoms with Crippen molar-refractivity contribution < 1.29 is 5.11 Å². The molecule has 2 heterocycles. The van der Waals surface area contributed by atoms with Crippen LogP contribution in [0.15, 0.2) is 17.0 Å². The third-order valence-electron chi connectivity index (χ3n) is 4.07. The molecule has 0 aromatic carbocycles. The molecule has 1 saturated heterocycles. The predicted molar refractivity (Wildman–Crippen MR) is 84.9 cm³/mol. The van der Waals surface area contributed by atoms with Gasteiger partial charge in [0.2, 0.25) is 0 Å². The number of aliphatic hydroxyl groups is 1. The average Bonchev–Trinajstić information content (AvgIpc) is 2.82. The fourth-order valence-electron chi connectivity index (χ4n) is 2.94. The van der Waals surface area contributed by atoms with Gasteiger partial charge < -0.3 is 5.11 Å². The molecule has 112 valence electrons. The van der Waals surface area contributed by atoms with E-state index in [0.717, 1.165) is 37.5 Å². The quantitative estimate of drug-likeness (QED) is 0.846. The molecule has 0 bridgehead atoms. The summed E-state index contributed by atoms with van der Waals surface area (Å²) in [6.07, 6.45) is 5.55. The summed E-state index contributed by atoms with van der Waals surface area (Å²) in [6.45, 7) is 9.60. The number of allylic oxidation sites excluding steroid dienone is 2. The fraction of sp³-hybridized carbons (Fsp3) is 0.688. The molecule has 0 saturated carbocycles. The number of hydrogen-bond donors (Lipinski definition) is 1. The van der Waals surface area contributed by atoms with E-state index in [1.54, 1.807) is 11.3 Å². The number of piperidine rings is 1. The van der Waals surface area contributed by atoms with Crippen molar-refractivity contribution in [1.82, 2.24) is 9.88 Å². The van der Waals surface area contributed by atoms with Gasteiger partial charge in [-0.1, -0.05) is 11.6 Å². The molecule has 1 N–H and O–H groups in total. The minimum absolute atomic E-state index is 0.0422. The van der Waals surface area contributed by atoms with E-state index in [2.05, 4.69) is 42.1 Å². The summed E-state index contributed by atoms with van der Waals surface area (Å²) in [6, 6.07) is 0. The number of nitrogens with zero attached hydrogens (tertiary/aromatic N) is 2. The molecule has 0 unspecified atom stereocenters. The summed E-state index contributed by atoms with van der Waals surface area (Å²) < 4.78 is 0. The first kappa shape index (κ1) is 15.7. The Morgan fingerprint density at radius 1 is 1.55 bits per heavy atom. The van der Waals surface area contributed by atoms with Crippen molar-refractivity contribution in [2.45, 2.75) is 46.6 Å². The molecule has 4 heteroatoms. The minimum Gasteiger partial charge on any atom is -0.396 e. The lowest BCUT2D eigenvalue weighted by molar-refractivity contribution is 0.0303. The lowest BCUT2D eigenvalue weighted by Gasteiger charge is -2.41. The van der Waals surface area contributed by atoms with E-state index in [-0.39, 0.29) is 12.0 Å². The second kappa shape index (κ2) is 6.83. The summed E-state index contributed by atoms with van der Waals surface area (Å²) in [7, 11) is 0. The molecule has 20 heavy (non-hydrogen) atoms. The summed E-state index contributed by atoms with van der Waals surface area (Å²) in [5, 5.41) is 13.2. The zero-order valence-corrected chi connectivity index (χ0v) is 13.7. The van der Waals surface area contributed by atoms with E-state index in [0.29, 0.717) is 0 Å². The Morgan fingerprint density at radius 2 is 2.35 bits per heavy atom. The first-order valence-corrected chi connectivity index (χ1v) is 8.28. The summed E-state index contributed by atoms with van der Waals surface area (Å²) in [5.74, 6) is 0. The zero-order valence-electron chi connectivity index (χ0n) is 12.9. The maximum atomic E-state index is 9.87. The number of aryl methyl sites for hydroxylation is 1. The van der Waals surface area contributed by atoms with Crippen LogP contribution in [-0.2, 0) is 6.54 Å². The van der Waals surface area contributed by atoms with Gasteiger partial charge >= 0.3 is 0 Å². The molecule has 1 aromatic heterocycles. The average molecular weight is 294 g/mol. The Morgan fingerprint density at radius 3 is 2.95 bits per heavy atom. The van der Waals surface area contributed by atoms with Crippen LogP contribution in [0.2, 0.25) is 0 Å². The van der Waals surface area contributed by atoms with Crippen LogP contribution in [0.5, 0.6) is 0 Å². The van der Waals surface area contributed by atoms with Gasteiger partial charge in [-0.2, -0.15) is 0 Å². The van der Waals surface area contributed by atoms with Crippen LogP contribution >= 0.6 is 11.3 Å². The lowest BCUT2D eigenvalue weighted by Crippen LogP contribution is -2.44. The molecule has 3 nitrogen and oxygen atoms in total. The molecule has 1 fully saturated rings. The van der Waals surface area contributed by atoms with E-state index < -0.39 is 0 Å². The molecule has 0 radical (unpaired) electrons. The van der Waals surface area contributed by atoms with Crippen LogP contribution in [0, 0.1) is 12.3 Å². The number of aliphatic hydroxyl groups excluding tert-OH is 1. The van der Waals surface area contributed by atoms with Gasteiger partial charge in [-0.15, -0.1) is 11.3 Å². The third kappa shape index (κ3) is 4.14. The standard InChI is InChI=1S/C16H26N2OS/c1-13(2)5-7-16(12-19)6-4-8-18(11-16)9-15-10-20-14(3)17-15/h5,10,19H,4,6-9,11-12H2,1-3H3/t16-/m0/s1. The summed E-state index contributed by atoms with van der Waals surface area (Å²) in [4.78, 5) is 7.01. The fourth-order valence-corrected chi connectivity index (χ4v) is 3.54. The van der Waals surface area contributed by atoms with E-state index in [1.165, 1.54) is 17.7 Å². The van der Waals surface area contributed by atoms with Gasteiger partial charge in [0.15, 0.2) is 0 Å². The zero-order chi connectivity index (χ0) is 14.6. The molecule has 1 aliphatic rings. The van der Waals surface area contributed by atoms with Crippen molar-refractivity contribution in [2.24, 2.45) is 5.41 Å². The molecule has 0 spiro atoms. The highest BCUT2D eigenvalue weighted by Gasteiger charge is 2.34. The van der Waals surface area contributed by atoms with Gasteiger partial charge in [0, 0.05) is 23.9 Å². The van der Waals surface area contributed by atoms with Crippen LogP contribution < -0.4 is 0 Å². The van der Waals surface area contributed by atoms with Gasteiger partial charge in [-0.3, -0.25) is 4.90 Å². The van der Waals surface area contributed by atoms with Crippen molar-refractivity contribution >= 4 is 11.3 Å². The van der Waals surface area contributed by atoms with Gasteiger partial charge in [0.25, 0.3) is 0 Å². The number of likely N-dealkylation sites (tertiary alicyclic amines) is 1. The van der Waals surface area contributed by atoms with Crippen molar-refractivity contribution in [3.63, 3.8) is 0 Å². The van der Waals surface area contributed by atoms with Crippen LogP contribution in [-0.4, -0.2) is 34.7 Å². The van der Waals surface area contributed by atoms with Crippen molar-refractivity contribution in [3.8, 4) is 0 Å². The van der Waals surface area contributed by atoms with Crippen molar-refractivity contribution in [3.05, 3.63) is 27.7 Å². The Hall–Kier alpha value is -0.710. The molecule has 0 amide bonds. The number of aromatic nitrogens is 1.